The summed E-state index contributed by atoms with van der Waals surface area (Å²) in [6.07, 6.45) is 0. The van der Waals surface area contributed by atoms with Gasteiger partial charge in [0.05, 0.1) is 38.9 Å². The number of methoxy groups -OCH3 is 1. The first kappa shape index (κ1) is 17.0. The van der Waals surface area contributed by atoms with Gasteiger partial charge in [-0.15, -0.1) is 0 Å². The number of rotatable bonds is 4. The summed E-state index contributed by atoms with van der Waals surface area (Å²) in [5.74, 6) is -0.406. The quantitative estimate of drug-likeness (QED) is 0.709. The van der Waals surface area contributed by atoms with Crippen molar-refractivity contribution in [2.24, 2.45) is 0 Å². The highest BCUT2D eigenvalue weighted by Gasteiger charge is 2.23. The predicted octanol–water partition coefficient (Wildman–Crippen LogP) is -0.841. The molecule has 0 atom stereocenters. The van der Waals surface area contributed by atoms with Gasteiger partial charge in [-0.25, -0.2) is 4.79 Å². The first-order valence-electron chi connectivity index (χ1n) is 7.57. The fourth-order valence-corrected chi connectivity index (χ4v) is 2.55. The van der Waals surface area contributed by atoms with E-state index in [0.29, 0.717) is 30.9 Å². The summed E-state index contributed by atoms with van der Waals surface area (Å²) >= 11 is 0. The van der Waals surface area contributed by atoms with Crippen LogP contribution in [-0.4, -0.2) is 62.5 Å². The molecular weight excluding hydrogens is 298 g/mol. The minimum atomic E-state index is -0.407. The Morgan fingerprint density at radius 3 is 2.30 bits per heavy atom. The number of carbonyl (C=O) groups excluding carboxylic acids is 3. The van der Waals surface area contributed by atoms with Gasteiger partial charge in [-0.05, 0) is 24.3 Å². The average Bonchev–Trinajstić information content (AvgIpc) is 2.55. The van der Waals surface area contributed by atoms with E-state index < -0.39 is 5.97 Å². The van der Waals surface area contributed by atoms with Gasteiger partial charge in [0, 0.05) is 12.6 Å². The molecule has 2 amide bonds. The number of esters is 1. The second kappa shape index (κ2) is 7.73. The van der Waals surface area contributed by atoms with Crippen molar-refractivity contribution in [3.05, 3.63) is 29.8 Å². The van der Waals surface area contributed by atoms with Gasteiger partial charge in [0.15, 0.2) is 6.54 Å². The number of nitrogens with zero attached hydrogens (tertiary/aromatic N) is 1. The van der Waals surface area contributed by atoms with Crippen LogP contribution in [-0.2, 0) is 14.3 Å². The van der Waals surface area contributed by atoms with E-state index in [0.717, 1.165) is 18.0 Å². The van der Waals surface area contributed by atoms with E-state index in [4.69, 9.17) is 0 Å². The Bertz CT molecular complexity index is 577. The molecule has 1 aliphatic heterocycles. The lowest BCUT2D eigenvalue weighted by Crippen LogP contribution is -3.15. The molecule has 23 heavy (non-hydrogen) atoms. The SMILES string of the molecule is COC(=O)c1ccc(NC(=O)C[NH+]2CCN(C(C)=O)CC2)cc1. The number of anilines is 1. The van der Waals surface area contributed by atoms with E-state index >= 15 is 0 Å². The molecule has 1 fully saturated rings. The lowest BCUT2D eigenvalue weighted by Gasteiger charge is -2.31. The summed E-state index contributed by atoms with van der Waals surface area (Å²) in [6.45, 7) is 4.85. The highest BCUT2D eigenvalue weighted by Crippen LogP contribution is 2.10. The van der Waals surface area contributed by atoms with Gasteiger partial charge in [-0.2, -0.15) is 0 Å². The van der Waals surface area contributed by atoms with Crippen LogP contribution in [0.3, 0.4) is 0 Å². The molecule has 0 spiro atoms. The number of benzene rings is 1. The largest absolute Gasteiger partial charge is 0.465 e. The minimum absolute atomic E-state index is 0.0814. The fraction of sp³-hybridized carbons (Fsp3) is 0.438. The summed E-state index contributed by atoms with van der Waals surface area (Å²) in [5, 5.41) is 2.81. The maximum absolute atomic E-state index is 12.1. The van der Waals surface area contributed by atoms with Crippen LogP contribution in [0.4, 0.5) is 5.69 Å². The third-order valence-electron chi connectivity index (χ3n) is 3.92. The van der Waals surface area contributed by atoms with Crippen LogP contribution >= 0.6 is 0 Å². The van der Waals surface area contributed by atoms with Gasteiger partial charge in [-0.3, -0.25) is 9.59 Å². The molecule has 7 nitrogen and oxygen atoms in total. The zero-order valence-corrected chi connectivity index (χ0v) is 13.4. The van der Waals surface area contributed by atoms with Crippen molar-refractivity contribution in [1.82, 2.24) is 4.90 Å². The summed E-state index contributed by atoms with van der Waals surface area (Å²) < 4.78 is 4.63. The smallest absolute Gasteiger partial charge is 0.337 e. The van der Waals surface area contributed by atoms with Crippen molar-refractivity contribution in [3.8, 4) is 0 Å². The minimum Gasteiger partial charge on any atom is -0.465 e. The molecular formula is C16H22N3O4+. The molecule has 1 aliphatic rings. The van der Waals surface area contributed by atoms with E-state index in [1.165, 1.54) is 7.11 Å². The fourth-order valence-electron chi connectivity index (χ4n) is 2.55. The van der Waals surface area contributed by atoms with Crippen LogP contribution in [0, 0.1) is 0 Å². The van der Waals surface area contributed by atoms with Gasteiger partial charge < -0.3 is 19.9 Å². The molecule has 1 aromatic carbocycles. The van der Waals surface area contributed by atoms with Gasteiger partial charge in [0.1, 0.15) is 0 Å². The summed E-state index contributed by atoms with van der Waals surface area (Å²) in [5.41, 5.74) is 1.08. The topological polar surface area (TPSA) is 80.2 Å². The molecule has 1 saturated heterocycles. The summed E-state index contributed by atoms with van der Waals surface area (Å²) in [7, 11) is 1.33. The number of piperazine rings is 1. The Kier molecular flexibility index (Phi) is 5.70. The van der Waals surface area contributed by atoms with E-state index in [2.05, 4.69) is 10.1 Å². The molecule has 1 heterocycles. The van der Waals surface area contributed by atoms with Crippen LogP contribution in [0.1, 0.15) is 17.3 Å². The van der Waals surface area contributed by atoms with Gasteiger partial charge in [0.25, 0.3) is 5.91 Å². The molecule has 0 unspecified atom stereocenters. The Labute approximate surface area is 135 Å². The third-order valence-corrected chi connectivity index (χ3v) is 3.92. The van der Waals surface area contributed by atoms with Crippen LogP contribution in [0.2, 0.25) is 0 Å². The molecule has 2 N–H and O–H groups in total. The number of quaternary nitrogens is 1. The molecule has 2 rings (SSSR count). The second-order valence-corrected chi connectivity index (χ2v) is 5.55. The van der Waals surface area contributed by atoms with Crippen LogP contribution in [0.25, 0.3) is 0 Å². The summed E-state index contributed by atoms with van der Waals surface area (Å²) in [6, 6.07) is 6.57. The molecule has 0 aromatic heterocycles. The number of carbonyl (C=O) groups is 3. The Balaban J connectivity index is 1.81. The number of hydrogen-bond acceptors (Lipinski definition) is 4. The summed E-state index contributed by atoms with van der Waals surface area (Å²) in [4.78, 5) is 37.6. The van der Waals surface area contributed by atoms with Crippen LogP contribution in [0.5, 0.6) is 0 Å². The third kappa shape index (κ3) is 4.79. The van der Waals surface area contributed by atoms with Crippen molar-refractivity contribution >= 4 is 23.5 Å². The Morgan fingerprint density at radius 1 is 1.17 bits per heavy atom. The average molecular weight is 320 g/mol. The second-order valence-electron chi connectivity index (χ2n) is 5.55. The van der Waals surface area contributed by atoms with Crippen molar-refractivity contribution < 1.29 is 24.0 Å². The number of nitrogens with one attached hydrogen (secondary N) is 2. The Hall–Kier alpha value is -2.41. The highest BCUT2D eigenvalue weighted by atomic mass is 16.5. The Morgan fingerprint density at radius 2 is 1.78 bits per heavy atom. The first-order valence-corrected chi connectivity index (χ1v) is 7.57. The van der Waals surface area contributed by atoms with Gasteiger partial charge in [0.2, 0.25) is 5.91 Å². The molecule has 0 radical (unpaired) electrons. The zero-order valence-electron chi connectivity index (χ0n) is 13.4. The maximum atomic E-state index is 12.1. The maximum Gasteiger partial charge on any atom is 0.337 e. The van der Waals surface area contributed by atoms with Crippen molar-refractivity contribution in [3.63, 3.8) is 0 Å². The van der Waals surface area contributed by atoms with Gasteiger partial charge >= 0.3 is 5.97 Å². The number of ether oxygens (including phenoxy) is 1. The van der Waals surface area contributed by atoms with Crippen molar-refractivity contribution in [2.45, 2.75) is 6.92 Å². The van der Waals surface area contributed by atoms with Crippen LogP contribution < -0.4 is 10.2 Å². The van der Waals surface area contributed by atoms with Crippen molar-refractivity contribution in [1.29, 1.82) is 0 Å². The molecule has 0 bridgehead atoms. The van der Waals surface area contributed by atoms with E-state index in [9.17, 15) is 14.4 Å². The number of amides is 2. The molecule has 1 aromatic rings. The van der Waals surface area contributed by atoms with E-state index in [1.54, 1.807) is 36.1 Å². The molecule has 7 heteroatoms. The standard InChI is InChI=1S/C16H21N3O4/c1-12(20)19-9-7-18(8-10-19)11-15(21)17-14-5-3-13(4-6-14)16(22)23-2/h3-6H,7-11H2,1-2H3,(H,17,21)/p+1. The first-order chi connectivity index (χ1) is 11.0. The highest BCUT2D eigenvalue weighted by molar-refractivity contribution is 5.93. The predicted molar refractivity (Wildman–Crippen MR) is 84.2 cm³/mol. The van der Waals surface area contributed by atoms with Gasteiger partial charge in [-0.1, -0.05) is 0 Å². The van der Waals surface area contributed by atoms with E-state index in [-0.39, 0.29) is 11.8 Å². The normalized spacial score (nSPS) is 15.1. The lowest BCUT2D eigenvalue weighted by molar-refractivity contribution is -0.895. The molecule has 124 valence electrons. The van der Waals surface area contributed by atoms with Crippen LogP contribution in [0.15, 0.2) is 24.3 Å². The lowest BCUT2D eigenvalue weighted by atomic mass is 10.2. The number of hydrogen-bond donors (Lipinski definition) is 2. The molecule has 0 saturated carbocycles. The van der Waals surface area contributed by atoms with E-state index in [1.807, 2.05) is 0 Å². The van der Waals surface area contributed by atoms with Crippen molar-refractivity contribution in [2.75, 3.05) is 45.2 Å². The molecule has 0 aliphatic carbocycles. The monoisotopic (exact) mass is 320 g/mol. The zero-order chi connectivity index (χ0) is 16.8.